The second-order valence-electron chi connectivity index (χ2n) is 11.7. The van der Waals surface area contributed by atoms with E-state index in [-0.39, 0.29) is 29.8 Å². The van der Waals surface area contributed by atoms with Crippen LogP contribution in [0.1, 0.15) is 77.5 Å². The van der Waals surface area contributed by atoms with Gasteiger partial charge >= 0.3 is 12.1 Å². The molecule has 3 aromatic rings. The molecular formula is C32H38F3N5O3S. The van der Waals surface area contributed by atoms with Crippen LogP contribution in [0.2, 0.25) is 0 Å². The van der Waals surface area contributed by atoms with Crippen LogP contribution < -0.4 is 4.90 Å². The summed E-state index contributed by atoms with van der Waals surface area (Å²) in [7, 11) is 0. The minimum Gasteiger partial charge on any atom is -0.466 e. The summed E-state index contributed by atoms with van der Waals surface area (Å²) < 4.78 is 46.2. The van der Waals surface area contributed by atoms with E-state index in [9.17, 15) is 22.8 Å². The van der Waals surface area contributed by atoms with Crippen molar-refractivity contribution >= 4 is 28.9 Å². The normalized spacial score (nSPS) is 18.4. The average Bonchev–Trinajstić information content (AvgIpc) is 3.39. The fourth-order valence-corrected chi connectivity index (χ4v) is 7.05. The number of ether oxygens (including phenoxy) is 1. The molecule has 0 unspecified atom stereocenters. The number of ketones is 1. The zero-order valence-electron chi connectivity index (χ0n) is 25.3. The molecule has 0 spiro atoms. The fraction of sp³-hybridized carbons (Fsp3) is 0.531. The van der Waals surface area contributed by atoms with Gasteiger partial charge in [-0.3, -0.25) is 14.5 Å². The van der Waals surface area contributed by atoms with Crippen molar-refractivity contribution in [3.63, 3.8) is 0 Å². The number of esters is 1. The lowest BCUT2D eigenvalue weighted by Crippen LogP contribution is -2.37. The molecule has 0 saturated carbocycles. The molecule has 2 aromatic heterocycles. The van der Waals surface area contributed by atoms with Crippen LogP contribution in [0.15, 0.2) is 30.6 Å². The highest BCUT2D eigenvalue weighted by atomic mass is 32.1. The van der Waals surface area contributed by atoms with Gasteiger partial charge in [-0.1, -0.05) is 6.42 Å². The van der Waals surface area contributed by atoms with Gasteiger partial charge in [0.05, 0.1) is 42.6 Å². The van der Waals surface area contributed by atoms with Gasteiger partial charge < -0.3 is 9.64 Å². The van der Waals surface area contributed by atoms with Gasteiger partial charge in [-0.25, -0.2) is 15.0 Å². The van der Waals surface area contributed by atoms with E-state index in [2.05, 4.69) is 21.8 Å². The van der Waals surface area contributed by atoms with Crippen molar-refractivity contribution in [2.75, 3.05) is 31.1 Å². The van der Waals surface area contributed by atoms with Crippen LogP contribution in [0, 0.1) is 12.8 Å². The summed E-state index contributed by atoms with van der Waals surface area (Å²) in [6.45, 7) is 8.74. The molecule has 0 amide bonds. The van der Waals surface area contributed by atoms with Crippen LogP contribution in [-0.2, 0) is 28.7 Å². The van der Waals surface area contributed by atoms with Crippen molar-refractivity contribution < 1.29 is 27.5 Å². The molecule has 0 bridgehead atoms. The lowest BCUT2D eigenvalue weighted by Gasteiger charge is -2.33. The minimum absolute atomic E-state index is 0.0237. The number of nitrogens with zero attached hydrogens (tertiary/aromatic N) is 5. The third-order valence-electron chi connectivity index (χ3n) is 8.38. The molecule has 0 N–H and O–H groups in total. The topological polar surface area (TPSA) is 88.5 Å². The number of thiazole rings is 1. The first-order valence-corrected chi connectivity index (χ1v) is 16.0. The predicted molar refractivity (Wildman–Crippen MR) is 163 cm³/mol. The highest BCUT2D eigenvalue weighted by Crippen LogP contribution is 2.37. The average molecular weight is 630 g/mol. The fourth-order valence-electron chi connectivity index (χ4n) is 5.93. The van der Waals surface area contributed by atoms with Gasteiger partial charge in [-0.15, -0.1) is 11.3 Å². The van der Waals surface area contributed by atoms with Crippen LogP contribution >= 0.6 is 11.3 Å². The van der Waals surface area contributed by atoms with Gasteiger partial charge in [-0.2, -0.15) is 13.2 Å². The Morgan fingerprint density at radius 3 is 2.48 bits per heavy atom. The lowest BCUT2D eigenvalue weighted by atomic mass is 9.97. The number of aromatic nitrogens is 3. The Kier molecular flexibility index (Phi) is 9.99. The van der Waals surface area contributed by atoms with Gasteiger partial charge in [0.15, 0.2) is 5.78 Å². The molecule has 4 heterocycles. The second-order valence-corrected chi connectivity index (χ2v) is 12.8. The van der Waals surface area contributed by atoms with E-state index in [0.717, 1.165) is 42.8 Å². The van der Waals surface area contributed by atoms with Crippen molar-refractivity contribution in [2.45, 2.75) is 78.1 Å². The summed E-state index contributed by atoms with van der Waals surface area (Å²) in [5, 5.41) is 0.534. The lowest BCUT2D eigenvalue weighted by molar-refractivity contribution is -0.148. The number of halogens is 3. The van der Waals surface area contributed by atoms with E-state index in [4.69, 9.17) is 9.72 Å². The molecule has 0 aliphatic carbocycles. The Morgan fingerprint density at radius 2 is 1.82 bits per heavy atom. The van der Waals surface area contributed by atoms with Crippen LogP contribution in [-0.4, -0.2) is 63.9 Å². The molecule has 44 heavy (non-hydrogen) atoms. The molecule has 5 rings (SSSR count). The highest BCUT2D eigenvalue weighted by molar-refractivity contribution is 7.12. The first-order chi connectivity index (χ1) is 21.0. The molecule has 1 atom stereocenters. The largest absolute Gasteiger partial charge is 0.466 e. The number of likely N-dealkylation sites (tertiary alicyclic amines) is 1. The number of anilines is 1. The zero-order valence-corrected chi connectivity index (χ0v) is 26.1. The monoisotopic (exact) mass is 629 g/mol. The molecule has 8 nitrogen and oxygen atoms in total. The quantitative estimate of drug-likeness (QED) is 0.196. The number of alkyl halides is 3. The maximum atomic E-state index is 13.7. The molecule has 2 aliphatic heterocycles. The molecule has 2 fully saturated rings. The van der Waals surface area contributed by atoms with Gasteiger partial charge in [0.2, 0.25) is 0 Å². The molecule has 2 aliphatic rings. The van der Waals surface area contributed by atoms with Gasteiger partial charge in [0, 0.05) is 36.1 Å². The van der Waals surface area contributed by atoms with Crippen molar-refractivity contribution in [2.24, 2.45) is 5.92 Å². The van der Waals surface area contributed by atoms with Crippen molar-refractivity contribution in [3.8, 4) is 11.3 Å². The number of hydrogen-bond donors (Lipinski definition) is 0. The van der Waals surface area contributed by atoms with E-state index in [0.29, 0.717) is 72.8 Å². The Balaban J connectivity index is 1.33. The zero-order chi connectivity index (χ0) is 31.4. The maximum Gasteiger partial charge on any atom is 0.416 e. The summed E-state index contributed by atoms with van der Waals surface area (Å²) in [6, 6.07) is 4.36. The predicted octanol–water partition coefficient (Wildman–Crippen LogP) is 6.51. The van der Waals surface area contributed by atoms with Crippen molar-refractivity contribution in [1.82, 2.24) is 19.9 Å². The van der Waals surface area contributed by atoms with Crippen LogP contribution in [0.3, 0.4) is 0 Å². The van der Waals surface area contributed by atoms with Crippen LogP contribution in [0.4, 0.5) is 19.0 Å². The number of piperidine rings is 2. The van der Waals surface area contributed by atoms with E-state index in [1.54, 1.807) is 26.1 Å². The minimum atomic E-state index is -4.47. The number of hydrogen-bond acceptors (Lipinski definition) is 9. The standard InChI is InChI=1S/C32H38F3N5O3S/c1-4-43-31(42)22-8-11-39(12-9-22)28-18-36-25(17-37-28)26(41)16-29-38-30(23-13-20(2)14-24(15-23)32(33,34)35)27(44-29)19-40-10-6-5-7-21(40)3/h13-15,17-18,21-22H,4-12,16,19H2,1-3H3/t21-/m1/s1. The third kappa shape index (κ3) is 7.63. The number of aryl methyl sites for hydroxylation is 1. The van der Waals surface area contributed by atoms with E-state index >= 15 is 0 Å². The Hall–Kier alpha value is -3.38. The Morgan fingerprint density at radius 1 is 1.05 bits per heavy atom. The van der Waals surface area contributed by atoms with Crippen LogP contribution in [0.25, 0.3) is 11.3 Å². The Labute approximate surface area is 259 Å². The molecule has 236 valence electrons. The van der Waals surface area contributed by atoms with Crippen molar-refractivity contribution in [3.05, 3.63) is 57.3 Å². The van der Waals surface area contributed by atoms with E-state index in [1.807, 2.05) is 4.90 Å². The Bertz CT molecular complexity index is 1470. The first-order valence-electron chi connectivity index (χ1n) is 15.2. The summed E-state index contributed by atoms with van der Waals surface area (Å²) in [4.78, 5) is 44.1. The molecule has 12 heteroatoms. The number of carbonyl (C=O) groups excluding carboxylic acids is 2. The summed E-state index contributed by atoms with van der Waals surface area (Å²) in [5.74, 6) is 0.0918. The molecule has 2 saturated heterocycles. The highest BCUT2D eigenvalue weighted by Gasteiger charge is 2.32. The van der Waals surface area contributed by atoms with E-state index < -0.39 is 11.7 Å². The van der Waals surface area contributed by atoms with Gasteiger partial charge in [-0.05, 0) is 76.8 Å². The number of Topliss-reactive ketones (excluding diaryl/α,β-unsaturated/α-hetero) is 1. The number of benzene rings is 1. The summed E-state index contributed by atoms with van der Waals surface area (Å²) in [5.41, 5.74) is 0.891. The molecule has 0 radical (unpaired) electrons. The van der Waals surface area contributed by atoms with E-state index in [1.165, 1.54) is 17.5 Å². The maximum absolute atomic E-state index is 13.7. The number of rotatable bonds is 9. The first kappa shape index (κ1) is 32.0. The number of carbonyl (C=O) groups is 2. The van der Waals surface area contributed by atoms with Crippen LogP contribution in [0.5, 0.6) is 0 Å². The third-order valence-corrected chi connectivity index (χ3v) is 9.42. The summed E-state index contributed by atoms with van der Waals surface area (Å²) in [6.07, 6.45) is 3.16. The second kappa shape index (κ2) is 13.7. The SMILES string of the molecule is CCOC(=O)C1CCN(c2cnc(C(=O)Cc3nc(-c4cc(C)cc(C(F)(F)F)c4)c(CN4CCCC[C@H]4C)s3)cn2)CC1. The van der Waals surface area contributed by atoms with Gasteiger partial charge in [0.25, 0.3) is 0 Å². The molecule has 1 aromatic carbocycles. The molecular weight excluding hydrogens is 591 g/mol. The van der Waals surface area contributed by atoms with Crippen molar-refractivity contribution in [1.29, 1.82) is 0 Å². The summed E-state index contributed by atoms with van der Waals surface area (Å²) >= 11 is 1.37. The van der Waals surface area contributed by atoms with Gasteiger partial charge in [0.1, 0.15) is 16.5 Å². The smallest absolute Gasteiger partial charge is 0.416 e.